The van der Waals surface area contributed by atoms with E-state index in [2.05, 4.69) is 10.1 Å². The lowest BCUT2D eigenvalue weighted by Gasteiger charge is -2.02. The number of hydrogen-bond donors (Lipinski definition) is 0. The zero-order chi connectivity index (χ0) is 11.7. The molecular formula is C9H7Cl2N3O2. The minimum absolute atomic E-state index is 0.000694. The van der Waals surface area contributed by atoms with Crippen LogP contribution in [0.1, 0.15) is 11.5 Å². The van der Waals surface area contributed by atoms with E-state index in [1.165, 1.54) is 10.9 Å². The predicted octanol–water partition coefficient (Wildman–Crippen LogP) is 1.89. The Morgan fingerprint density at radius 2 is 2.25 bits per heavy atom. The third kappa shape index (κ3) is 2.10. The van der Waals surface area contributed by atoms with Gasteiger partial charge in [0.05, 0.1) is 12.9 Å². The molecule has 0 amide bonds. The molecule has 0 spiro atoms. The minimum atomic E-state index is -0.401. The highest BCUT2D eigenvalue weighted by Gasteiger charge is 2.09. The number of halogens is 2. The van der Waals surface area contributed by atoms with Crippen LogP contribution in [0, 0.1) is 6.92 Å². The SMILES string of the molecule is Cc1cc(Cn2cnc(Cl)c(Cl)c2=O)no1. The van der Waals surface area contributed by atoms with E-state index < -0.39 is 5.56 Å². The average Bonchev–Trinajstić information content (AvgIpc) is 2.65. The fourth-order valence-corrected chi connectivity index (χ4v) is 1.51. The van der Waals surface area contributed by atoms with Crippen molar-refractivity contribution in [2.45, 2.75) is 13.5 Å². The van der Waals surface area contributed by atoms with Crippen LogP contribution in [0.2, 0.25) is 10.2 Å². The largest absolute Gasteiger partial charge is 0.361 e. The van der Waals surface area contributed by atoms with Crippen molar-refractivity contribution in [3.05, 3.63) is 44.4 Å². The average molecular weight is 260 g/mol. The molecule has 7 heteroatoms. The van der Waals surface area contributed by atoms with Crippen LogP contribution in [-0.4, -0.2) is 14.7 Å². The summed E-state index contributed by atoms with van der Waals surface area (Å²) in [6.07, 6.45) is 1.32. The van der Waals surface area contributed by atoms with Gasteiger partial charge in [-0.3, -0.25) is 9.36 Å². The van der Waals surface area contributed by atoms with E-state index in [-0.39, 0.29) is 16.7 Å². The van der Waals surface area contributed by atoms with E-state index in [0.717, 1.165) is 0 Å². The normalized spacial score (nSPS) is 10.7. The van der Waals surface area contributed by atoms with E-state index in [4.69, 9.17) is 27.7 Å². The maximum Gasteiger partial charge on any atom is 0.274 e. The highest BCUT2D eigenvalue weighted by atomic mass is 35.5. The van der Waals surface area contributed by atoms with Gasteiger partial charge in [0.25, 0.3) is 5.56 Å². The van der Waals surface area contributed by atoms with E-state index in [0.29, 0.717) is 11.5 Å². The summed E-state index contributed by atoms with van der Waals surface area (Å²) >= 11 is 11.3. The van der Waals surface area contributed by atoms with E-state index in [1.54, 1.807) is 13.0 Å². The lowest BCUT2D eigenvalue weighted by Crippen LogP contribution is -2.21. The molecule has 0 bridgehead atoms. The standard InChI is InChI=1S/C9H7Cl2N3O2/c1-5-2-6(13-16-5)3-14-4-12-8(11)7(10)9(14)15/h2,4H,3H2,1H3. The summed E-state index contributed by atoms with van der Waals surface area (Å²) in [5.74, 6) is 0.677. The second kappa shape index (κ2) is 4.27. The molecule has 5 nitrogen and oxygen atoms in total. The maximum absolute atomic E-state index is 11.6. The molecule has 0 aliphatic rings. The zero-order valence-electron chi connectivity index (χ0n) is 8.28. The predicted molar refractivity (Wildman–Crippen MR) is 58.9 cm³/mol. The Morgan fingerprint density at radius 3 is 2.88 bits per heavy atom. The molecule has 0 unspecified atom stereocenters. The summed E-state index contributed by atoms with van der Waals surface area (Å²) in [5.41, 5.74) is 0.224. The van der Waals surface area contributed by atoms with Crippen molar-refractivity contribution in [2.75, 3.05) is 0 Å². The van der Waals surface area contributed by atoms with Gasteiger partial charge in [0, 0.05) is 6.07 Å². The molecule has 2 aromatic rings. The molecule has 0 atom stereocenters. The number of aromatic nitrogens is 3. The second-order valence-electron chi connectivity index (χ2n) is 3.21. The van der Waals surface area contributed by atoms with Crippen molar-refractivity contribution < 1.29 is 4.52 Å². The molecule has 0 aliphatic carbocycles. The Labute approximate surface area is 101 Å². The Hall–Kier alpha value is -1.33. The fraction of sp³-hybridized carbons (Fsp3) is 0.222. The van der Waals surface area contributed by atoms with E-state index in [1.807, 2.05) is 0 Å². The van der Waals surface area contributed by atoms with Crippen molar-refractivity contribution >= 4 is 23.2 Å². The van der Waals surface area contributed by atoms with Crippen LogP contribution in [0.5, 0.6) is 0 Å². The topological polar surface area (TPSA) is 60.9 Å². The van der Waals surface area contributed by atoms with Crippen molar-refractivity contribution in [2.24, 2.45) is 0 Å². The Balaban J connectivity index is 2.36. The van der Waals surface area contributed by atoms with Crippen molar-refractivity contribution in [1.82, 2.24) is 14.7 Å². The third-order valence-corrected chi connectivity index (χ3v) is 2.67. The first-order chi connectivity index (χ1) is 7.58. The highest BCUT2D eigenvalue weighted by Crippen LogP contribution is 2.13. The molecule has 0 saturated heterocycles. The highest BCUT2D eigenvalue weighted by molar-refractivity contribution is 6.40. The fourth-order valence-electron chi connectivity index (χ4n) is 1.22. The van der Waals surface area contributed by atoms with Crippen LogP contribution in [-0.2, 0) is 6.54 Å². The van der Waals surface area contributed by atoms with Crippen molar-refractivity contribution in [3.63, 3.8) is 0 Å². The summed E-state index contributed by atoms with van der Waals surface area (Å²) in [5, 5.41) is 3.67. The molecular weight excluding hydrogens is 253 g/mol. The molecule has 0 radical (unpaired) electrons. The lowest BCUT2D eigenvalue weighted by molar-refractivity contribution is 0.388. The van der Waals surface area contributed by atoms with Crippen LogP contribution >= 0.6 is 23.2 Å². The van der Waals surface area contributed by atoms with Gasteiger partial charge in [0.15, 0.2) is 5.15 Å². The number of aryl methyl sites for hydroxylation is 1. The first-order valence-electron chi connectivity index (χ1n) is 4.40. The van der Waals surface area contributed by atoms with Gasteiger partial charge in [0.1, 0.15) is 16.5 Å². The summed E-state index contributed by atoms with van der Waals surface area (Å²) in [7, 11) is 0. The number of nitrogens with zero attached hydrogens (tertiary/aromatic N) is 3. The van der Waals surface area contributed by atoms with Gasteiger partial charge < -0.3 is 4.52 Å². The van der Waals surface area contributed by atoms with Crippen molar-refractivity contribution in [3.8, 4) is 0 Å². The molecule has 16 heavy (non-hydrogen) atoms. The summed E-state index contributed by atoms with van der Waals surface area (Å²) in [4.78, 5) is 15.4. The van der Waals surface area contributed by atoms with Gasteiger partial charge in [-0.1, -0.05) is 28.4 Å². The van der Waals surface area contributed by atoms with Crippen LogP contribution < -0.4 is 5.56 Å². The molecule has 2 aromatic heterocycles. The smallest absolute Gasteiger partial charge is 0.274 e. The van der Waals surface area contributed by atoms with Gasteiger partial charge in [-0.15, -0.1) is 0 Å². The second-order valence-corrected chi connectivity index (χ2v) is 3.95. The summed E-state index contributed by atoms with van der Waals surface area (Å²) < 4.78 is 6.20. The third-order valence-electron chi connectivity index (χ3n) is 1.95. The minimum Gasteiger partial charge on any atom is -0.361 e. The van der Waals surface area contributed by atoms with Gasteiger partial charge >= 0.3 is 0 Å². The van der Waals surface area contributed by atoms with Crippen LogP contribution in [0.3, 0.4) is 0 Å². The van der Waals surface area contributed by atoms with Crippen LogP contribution in [0.4, 0.5) is 0 Å². The number of hydrogen-bond acceptors (Lipinski definition) is 4. The van der Waals surface area contributed by atoms with Gasteiger partial charge in [-0.2, -0.15) is 0 Å². The first kappa shape index (κ1) is 11.2. The van der Waals surface area contributed by atoms with Crippen molar-refractivity contribution in [1.29, 1.82) is 0 Å². The van der Waals surface area contributed by atoms with Gasteiger partial charge in [0.2, 0.25) is 0 Å². The molecule has 2 rings (SSSR count). The van der Waals surface area contributed by atoms with Gasteiger partial charge in [-0.25, -0.2) is 4.98 Å². The molecule has 0 saturated carbocycles. The van der Waals surface area contributed by atoms with Crippen LogP contribution in [0.25, 0.3) is 0 Å². The van der Waals surface area contributed by atoms with Crippen LogP contribution in [0.15, 0.2) is 21.7 Å². The molecule has 0 aliphatic heterocycles. The molecule has 2 heterocycles. The number of rotatable bonds is 2. The summed E-state index contributed by atoms with van der Waals surface area (Å²) in [6, 6.07) is 1.73. The zero-order valence-corrected chi connectivity index (χ0v) is 9.79. The Kier molecular flexibility index (Phi) is 2.98. The van der Waals surface area contributed by atoms with E-state index >= 15 is 0 Å². The Bertz CT molecular complexity index is 576. The molecule has 0 aromatic carbocycles. The van der Waals surface area contributed by atoms with Gasteiger partial charge in [-0.05, 0) is 6.92 Å². The molecule has 84 valence electrons. The molecule has 0 fully saturated rings. The first-order valence-corrected chi connectivity index (χ1v) is 5.16. The van der Waals surface area contributed by atoms with E-state index in [9.17, 15) is 4.79 Å². The quantitative estimate of drug-likeness (QED) is 0.773. The lowest BCUT2D eigenvalue weighted by atomic mass is 10.4. The maximum atomic E-state index is 11.6. The summed E-state index contributed by atoms with van der Waals surface area (Å²) in [6.45, 7) is 2.02. The monoisotopic (exact) mass is 259 g/mol. The molecule has 0 N–H and O–H groups in total. The Morgan fingerprint density at radius 1 is 1.50 bits per heavy atom.